The summed E-state index contributed by atoms with van der Waals surface area (Å²) < 4.78 is 1.98. The maximum Gasteiger partial charge on any atom is 0.238 e. The molecule has 1 saturated carbocycles. The Bertz CT molecular complexity index is 1520. The van der Waals surface area contributed by atoms with E-state index in [-0.39, 0.29) is 5.91 Å². The third kappa shape index (κ3) is 3.62. The van der Waals surface area contributed by atoms with Gasteiger partial charge in [-0.2, -0.15) is 15.3 Å². The highest BCUT2D eigenvalue weighted by Crippen LogP contribution is 2.40. The standard InChI is InChI=1S/C27H23N7O/c1-2-17-7-3-6-10-21(17)30-27-31-24(20-15-34(33-25(20)32-27)18-8-4-5-9-18)23-19-13-16(14-28)11-12-22(19)29-26(23)35/h2-3,6-7,10-13,15,18,23H,1,4-5,8-9H2,(H,29,35)(H,30,32,33). The second-order valence-electron chi connectivity index (χ2n) is 8.97. The molecule has 2 aromatic heterocycles. The zero-order valence-corrected chi connectivity index (χ0v) is 19.0. The van der Waals surface area contributed by atoms with Gasteiger partial charge in [0.2, 0.25) is 11.9 Å². The van der Waals surface area contributed by atoms with Crippen LogP contribution in [0, 0.1) is 11.3 Å². The summed E-state index contributed by atoms with van der Waals surface area (Å²) in [5, 5.41) is 21.2. The Morgan fingerprint density at radius 3 is 2.80 bits per heavy atom. The average molecular weight is 462 g/mol. The quantitative estimate of drug-likeness (QED) is 0.418. The molecule has 1 aliphatic heterocycles. The fourth-order valence-corrected chi connectivity index (χ4v) is 5.09. The highest BCUT2D eigenvalue weighted by Gasteiger charge is 2.36. The van der Waals surface area contributed by atoms with Gasteiger partial charge in [-0.1, -0.05) is 43.7 Å². The average Bonchev–Trinajstić information content (AvgIpc) is 3.61. The van der Waals surface area contributed by atoms with Gasteiger partial charge in [-0.25, -0.2) is 4.98 Å². The Balaban J connectivity index is 1.53. The van der Waals surface area contributed by atoms with Gasteiger partial charge in [-0.15, -0.1) is 0 Å². The zero-order valence-electron chi connectivity index (χ0n) is 19.0. The first-order valence-corrected chi connectivity index (χ1v) is 11.7. The molecule has 2 N–H and O–H groups in total. The Kier molecular flexibility index (Phi) is 5.03. The van der Waals surface area contributed by atoms with E-state index < -0.39 is 5.92 Å². The van der Waals surface area contributed by atoms with Gasteiger partial charge in [0.25, 0.3) is 0 Å². The maximum atomic E-state index is 13.2. The van der Waals surface area contributed by atoms with Crippen LogP contribution in [-0.4, -0.2) is 25.7 Å². The zero-order chi connectivity index (χ0) is 23.9. The van der Waals surface area contributed by atoms with Gasteiger partial charge in [0.15, 0.2) is 5.65 Å². The van der Waals surface area contributed by atoms with E-state index in [0.717, 1.165) is 35.0 Å². The minimum atomic E-state index is -0.666. The highest BCUT2D eigenvalue weighted by atomic mass is 16.2. The lowest BCUT2D eigenvalue weighted by molar-refractivity contribution is -0.116. The van der Waals surface area contributed by atoms with E-state index in [1.165, 1.54) is 12.8 Å². The Morgan fingerprint density at radius 2 is 2.00 bits per heavy atom. The smallest absolute Gasteiger partial charge is 0.238 e. The molecule has 172 valence electrons. The lowest BCUT2D eigenvalue weighted by Crippen LogP contribution is -2.16. The van der Waals surface area contributed by atoms with Crippen LogP contribution in [0.2, 0.25) is 0 Å². The van der Waals surface area contributed by atoms with Gasteiger partial charge in [0.05, 0.1) is 28.8 Å². The Morgan fingerprint density at radius 1 is 1.17 bits per heavy atom. The lowest BCUT2D eigenvalue weighted by Gasteiger charge is -2.13. The summed E-state index contributed by atoms with van der Waals surface area (Å²) in [5.41, 5.74) is 4.77. The van der Waals surface area contributed by atoms with Crippen LogP contribution in [0.1, 0.15) is 60.0 Å². The molecule has 0 bridgehead atoms. The van der Waals surface area contributed by atoms with Gasteiger partial charge >= 0.3 is 0 Å². The largest absolute Gasteiger partial charge is 0.325 e. The molecule has 8 nitrogen and oxygen atoms in total. The van der Waals surface area contributed by atoms with E-state index in [0.29, 0.717) is 34.6 Å². The van der Waals surface area contributed by atoms with Gasteiger partial charge in [-0.3, -0.25) is 9.48 Å². The molecule has 6 rings (SSSR count). The molecule has 35 heavy (non-hydrogen) atoms. The molecule has 8 heteroatoms. The van der Waals surface area contributed by atoms with Crippen molar-refractivity contribution in [3.05, 3.63) is 77.6 Å². The molecule has 3 heterocycles. The molecule has 1 amide bonds. The summed E-state index contributed by atoms with van der Waals surface area (Å²) in [5.74, 6) is -0.488. The molecular formula is C27H23N7O. The van der Waals surface area contributed by atoms with Crippen LogP contribution in [-0.2, 0) is 4.79 Å². The van der Waals surface area contributed by atoms with Crippen LogP contribution in [0.5, 0.6) is 0 Å². The molecular weight excluding hydrogens is 438 g/mol. The number of fused-ring (bicyclic) bond motifs is 2. The molecule has 4 aromatic rings. The monoisotopic (exact) mass is 461 g/mol. The summed E-state index contributed by atoms with van der Waals surface area (Å²) in [4.78, 5) is 22.7. The van der Waals surface area contributed by atoms with Gasteiger partial charge in [0, 0.05) is 17.6 Å². The number of carbonyl (C=O) groups is 1. The third-order valence-corrected chi connectivity index (χ3v) is 6.84. The van der Waals surface area contributed by atoms with Crippen molar-refractivity contribution in [3.63, 3.8) is 0 Å². The Hall–Kier alpha value is -4.51. The van der Waals surface area contributed by atoms with Crippen LogP contribution < -0.4 is 10.6 Å². The normalized spacial score (nSPS) is 17.2. The topological polar surface area (TPSA) is 109 Å². The number of aromatic nitrogens is 4. The minimum Gasteiger partial charge on any atom is -0.325 e. The van der Waals surface area contributed by atoms with Crippen LogP contribution in [0.15, 0.2) is 55.2 Å². The minimum absolute atomic E-state index is 0.179. The van der Waals surface area contributed by atoms with E-state index >= 15 is 0 Å². The predicted octanol–water partition coefficient (Wildman–Crippen LogP) is 5.28. The number of para-hydroxylation sites is 1. The number of nitrogens with one attached hydrogen (secondary N) is 2. The molecule has 0 saturated heterocycles. The number of rotatable bonds is 5. The number of carbonyl (C=O) groups excluding carboxylic acids is 1. The molecule has 0 spiro atoms. The number of nitriles is 1. The Labute approximate surface area is 202 Å². The van der Waals surface area contributed by atoms with E-state index in [1.54, 1.807) is 24.3 Å². The number of amides is 1. The van der Waals surface area contributed by atoms with Gasteiger partial charge in [-0.05, 0) is 48.2 Å². The van der Waals surface area contributed by atoms with Crippen molar-refractivity contribution in [2.75, 3.05) is 10.6 Å². The van der Waals surface area contributed by atoms with Crippen LogP contribution in [0.4, 0.5) is 17.3 Å². The number of hydrogen-bond acceptors (Lipinski definition) is 6. The van der Waals surface area contributed by atoms with E-state index in [4.69, 9.17) is 15.1 Å². The van der Waals surface area contributed by atoms with Crippen molar-refractivity contribution in [2.24, 2.45) is 0 Å². The van der Waals surface area contributed by atoms with Gasteiger partial charge in [0.1, 0.15) is 5.92 Å². The van der Waals surface area contributed by atoms with E-state index in [9.17, 15) is 10.1 Å². The molecule has 0 radical (unpaired) electrons. The highest BCUT2D eigenvalue weighted by molar-refractivity contribution is 6.06. The molecule has 1 fully saturated rings. The number of benzene rings is 2. The van der Waals surface area contributed by atoms with Crippen molar-refractivity contribution >= 4 is 40.3 Å². The first-order valence-electron chi connectivity index (χ1n) is 11.7. The fourth-order valence-electron chi connectivity index (χ4n) is 5.09. The van der Waals surface area contributed by atoms with Crippen LogP contribution in [0.25, 0.3) is 17.1 Å². The van der Waals surface area contributed by atoms with Crippen molar-refractivity contribution in [1.29, 1.82) is 5.26 Å². The predicted molar refractivity (Wildman–Crippen MR) is 134 cm³/mol. The van der Waals surface area contributed by atoms with Crippen molar-refractivity contribution in [1.82, 2.24) is 19.7 Å². The first-order chi connectivity index (χ1) is 17.1. The van der Waals surface area contributed by atoms with Gasteiger partial charge < -0.3 is 10.6 Å². The molecule has 2 aliphatic rings. The first kappa shape index (κ1) is 21.1. The summed E-state index contributed by atoms with van der Waals surface area (Å²) in [6.45, 7) is 3.89. The summed E-state index contributed by atoms with van der Waals surface area (Å²) in [6.07, 6.45) is 8.25. The summed E-state index contributed by atoms with van der Waals surface area (Å²) >= 11 is 0. The third-order valence-electron chi connectivity index (χ3n) is 6.84. The number of anilines is 3. The van der Waals surface area contributed by atoms with Crippen molar-refractivity contribution in [2.45, 2.75) is 37.6 Å². The van der Waals surface area contributed by atoms with E-state index in [1.807, 2.05) is 35.1 Å². The summed E-state index contributed by atoms with van der Waals surface area (Å²) in [6, 6.07) is 15.5. The second kappa shape index (κ2) is 8.37. The molecule has 1 atom stereocenters. The SMILES string of the molecule is C=Cc1ccccc1Nc1nc(C2C(=O)Nc3ccc(C#N)cc32)c2cn(C3CCCC3)nc2n1. The molecule has 2 aromatic carbocycles. The lowest BCUT2D eigenvalue weighted by atomic mass is 9.94. The van der Waals surface area contributed by atoms with Crippen molar-refractivity contribution in [3.8, 4) is 6.07 Å². The van der Waals surface area contributed by atoms with Crippen LogP contribution >= 0.6 is 0 Å². The van der Waals surface area contributed by atoms with E-state index in [2.05, 4.69) is 23.3 Å². The number of hydrogen-bond donors (Lipinski definition) is 2. The number of nitrogens with zero attached hydrogens (tertiary/aromatic N) is 5. The van der Waals surface area contributed by atoms with Crippen molar-refractivity contribution < 1.29 is 4.79 Å². The molecule has 1 aliphatic carbocycles. The molecule has 1 unspecified atom stereocenters. The maximum absolute atomic E-state index is 13.2. The summed E-state index contributed by atoms with van der Waals surface area (Å²) in [7, 11) is 0. The fraction of sp³-hybridized carbons (Fsp3) is 0.222. The van der Waals surface area contributed by atoms with Crippen LogP contribution in [0.3, 0.4) is 0 Å². The second-order valence-corrected chi connectivity index (χ2v) is 8.97.